The number of hydrogen-bond donors (Lipinski definition) is 2. The second-order valence-electron chi connectivity index (χ2n) is 7.89. The molecule has 1 aromatic heterocycles. The Balaban J connectivity index is 1.23. The van der Waals surface area contributed by atoms with Crippen LogP contribution in [-0.4, -0.2) is 45.8 Å². The topological polar surface area (TPSA) is 96.3 Å². The zero-order valence-corrected chi connectivity index (χ0v) is 18.2. The van der Waals surface area contributed by atoms with Gasteiger partial charge in [0.2, 0.25) is 17.7 Å². The predicted octanol–water partition coefficient (Wildman–Crippen LogP) is 2.80. The highest BCUT2D eigenvalue weighted by Gasteiger charge is 2.23. The Kier molecular flexibility index (Phi) is 6.91. The van der Waals surface area contributed by atoms with Crippen LogP contribution < -0.4 is 15.5 Å². The number of hydrogen-bond acceptors (Lipinski definition) is 5. The highest BCUT2D eigenvalue weighted by molar-refractivity contribution is 7.99. The molecule has 0 saturated heterocycles. The summed E-state index contributed by atoms with van der Waals surface area (Å²) in [4.78, 5) is 39.9. The summed E-state index contributed by atoms with van der Waals surface area (Å²) < 4.78 is 1.51. The van der Waals surface area contributed by atoms with Crippen LogP contribution in [0.2, 0.25) is 0 Å². The zero-order chi connectivity index (χ0) is 21.6. The van der Waals surface area contributed by atoms with Crippen LogP contribution in [0.1, 0.15) is 38.5 Å². The maximum atomic E-state index is 12.7. The van der Waals surface area contributed by atoms with Crippen LogP contribution in [-0.2, 0) is 20.9 Å². The molecule has 0 bridgehead atoms. The van der Waals surface area contributed by atoms with E-state index in [2.05, 4.69) is 15.7 Å². The lowest BCUT2D eigenvalue weighted by molar-refractivity contribution is -0.122. The van der Waals surface area contributed by atoms with Gasteiger partial charge in [0.25, 0.3) is 0 Å². The molecule has 1 saturated carbocycles. The first-order chi connectivity index (χ1) is 15.1. The van der Waals surface area contributed by atoms with E-state index in [1.54, 1.807) is 22.9 Å². The van der Waals surface area contributed by atoms with Crippen LogP contribution in [0.5, 0.6) is 0 Å². The van der Waals surface area contributed by atoms with Crippen LogP contribution in [0.3, 0.4) is 0 Å². The third-order valence-corrected chi connectivity index (χ3v) is 6.58. The molecule has 1 aliphatic carbocycles. The van der Waals surface area contributed by atoms with Gasteiger partial charge in [-0.1, -0.05) is 25.0 Å². The molecule has 0 radical (unpaired) electrons. The second kappa shape index (κ2) is 10.00. The first-order valence-electron chi connectivity index (χ1n) is 10.7. The van der Waals surface area contributed by atoms with Crippen molar-refractivity contribution in [1.29, 1.82) is 0 Å². The van der Waals surface area contributed by atoms with E-state index < -0.39 is 0 Å². The summed E-state index contributed by atoms with van der Waals surface area (Å²) in [7, 11) is 0. The number of amides is 3. The summed E-state index contributed by atoms with van der Waals surface area (Å²) in [6, 6.07) is 8.11. The number of nitrogens with zero attached hydrogens (tertiary/aromatic N) is 3. The summed E-state index contributed by atoms with van der Waals surface area (Å²) in [5, 5.41) is 9.92. The molecule has 1 aliphatic heterocycles. The van der Waals surface area contributed by atoms with E-state index in [4.69, 9.17) is 0 Å². The second-order valence-corrected chi connectivity index (χ2v) is 9.02. The van der Waals surface area contributed by atoms with Gasteiger partial charge in [-0.25, -0.2) is 0 Å². The minimum atomic E-state index is -0.247. The number of nitrogens with one attached hydrogen (secondary N) is 2. The van der Waals surface area contributed by atoms with Crippen LogP contribution in [0.4, 0.5) is 11.4 Å². The van der Waals surface area contributed by atoms with E-state index in [-0.39, 0.29) is 43.1 Å². The SMILES string of the molecule is O=C(CCC(=O)N1CCSc2ccccc21)Nc1cnn(CC(=O)NC2CCCC2)c1. The highest BCUT2D eigenvalue weighted by atomic mass is 32.2. The minimum Gasteiger partial charge on any atom is -0.352 e. The lowest BCUT2D eigenvalue weighted by Crippen LogP contribution is -2.35. The van der Waals surface area contributed by atoms with Gasteiger partial charge in [-0.05, 0) is 25.0 Å². The molecule has 0 atom stereocenters. The molecule has 1 fully saturated rings. The first kappa shape index (κ1) is 21.4. The number of carbonyl (C=O) groups is 3. The lowest BCUT2D eigenvalue weighted by Gasteiger charge is -2.29. The van der Waals surface area contributed by atoms with Crippen molar-refractivity contribution >= 4 is 40.9 Å². The number of aromatic nitrogens is 2. The molecule has 9 heteroatoms. The third-order valence-electron chi connectivity index (χ3n) is 5.54. The fourth-order valence-corrected chi connectivity index (χ4v) is 5.01. The van der Waals surface area contributed by atoms with E-state index >= 15 is 0 Å². The van der Waals surface area contributed by atoms with Gasteiger partial charge in [-0.15, -0.1) is 11.8 Å². The van der Waals surface area contributed by atoms with E-state index in [1.807, 2.05) is 24.3 Å². The summed E-state index contributed by atoms with van der Waals surface area (Å²) in [6.45, 7) is 0.773. The Bertz CT molecular complexity index is 954. The van der Waals surface area contributed by atoms with Gasteiger partial charge in [0.1, 0.15) is 6.54 Å². The van der Waals surface area contributed by atoms with Crippen molar-refractivity contribution in [2.75, 3.05) is 22.5 Å². The lowest BCUT2D eigenvalue weighted by atomic mass is 10.2. The monoisotopic (exact) mass is 441 g/mol. The van der Waals surface area contributed by atoms with Gasteiger partial charge in [0.05, 0.1) is 17.6 Å². The first-order valence-corrected chi connectivity index (χ1v) is 11.7. The van der Waals surface area contributed by atoms with Gasteiger partial charge < -0.3 is 15.5 Å². The molecule has 8 nitrogen and oxygen atoms in total. The zero-order valence-electron chi connectivity index (χ0n) is 17.4. The Labute approximate surface area is 185 Å². The van der Waals surface area contributed by atoms with Crippen LogP contribution >= 0.6 is 11.8 Å². The van der Waals surface area contributed by atoms with E-state index in [1.165, 1.54) is 10.9 Å². The van der Waals surface area contributed by atoms with Gasteiger partial charge in [0.15, 0.2) is 0 Å². The van der Waals surface area contributed by atoms with Crippen molar-refractivity contribution in [3.63, 3.8) is 0 Å². The van der Waals surface area contributed by atoms with Gasteiger partial charge >= 0.3 is 0 Å². The maximum Gasteiger partial charge on any atom is 0.241 e. The average molecular weight is 442 g/mol. The quantitative estimate of drug-likeness (QED) is 0.689. The molecule has 2 aromatic rings. The predicted molar refractivity (Wildman–Crippen MR) is 120 cm³/mol. The highest BCUT2D eigenvalue weighted by Crippen LogP contribution is 2.34. The Morgan fingerprint density at radius 1 is 1.10 bits per heavy atom. The fourth-order valence-electron chi connectivity index (χ4n) is 4.01. The number of fused-ring (bicyclic) bond motifs is 1. The Morgan fingerprint density at radius 3 is 2.74 bits per heavy atom. The molecule has 164 valence electrons. The smallest absolute Gasteiger partial charge is 0.241 e. The number of anilines is 2. The number of para-hydroxylation sites is 1. The van der Waals surface area contributed by atoms with Crippen molar-refractivity contribution < 1.29 is 14.4 Å². The number of thioether (sulfide) groups is 1. The van der Waals surface area contributed by atoms with Crippen LogP contribution in [0, 0.1) is 0 Å². The molecule has 3 amide bonds. The molecule has 2 aliphatic rings. The summed E-state index contributed by atoms with van der Waals surface area (Å²) >= 11 is 1.74. The number of benzene rings is 1. The van der Waals surface area contributed by atoms with Crippen molar-refractivity contribution in [2.24, 2.45) is 0 Å². The van der Waals surface area contributed by atoms with Crippen LogP contribution in [0.15, 0.2) is 41.6 Å². The largest absolute Gasteiger partial charge is 0.352 e. The Hall–Kier alpha value is -2.81. The van der Waals surface area contributed by atoms with Gasteiger partial charge in [-0.3, -0.25) is 19.1 Å². The average Bonchev–Trinajstić information content (AvgIpc) is 3.43. The molecule has 2 N–H and O–H groups in total. The third kappa shape index (κ3) is 5.66. The number of rotatable bonds is 7. The Morgan fingerprint density at radius 2 is 1.90 bits per heavy atom. The normalized spacial score (nSPS) is 16.1. The minimum absolute atomic E-state index is 0.0535. The summed E-state index contributed by atoms with van der Waals surface area (Å²) in [5.41, 5.74) is 1.44. The van der Waals surface area contributed by atoms with E-state index in [9.17, 15) is 14.4 Å². The summed E-state index contributed by atoms with van der Waals surface area (Å²) in [6.07, 6.45) is 7.77. The van der Waals surface area contributed by atoms with Gasteiger partial charge in [-0.2, -0.15) is 5.10 Å². The fraction of sp³-hybridized carbons (Fsp3) is 0.455. The van der Waals surface area contributed by atoms with Gasteiger partial charge in [0, 0.05) is 42.3 Å². The maximum absolute atomic E-state index is 12.7. The molecular formula is C22H27N5O3S. The molecule has 0 unspecified atom stereocenters. The number of carbonyl (C=O) groups excluding carboxylic acids is 3. The molecular weight excluding hydrogens is 414 g/mol. The standard InChI is InChI=1S/C22H27N5O3S/c28-20(9-10-22(30)27-11-12-31-19-8-4-3-7-18(19)27)25-17-13-23-26(14-17)15-21(29)24-16-5-1-2-6-16/h3-4,7-8,13-14,16H,1-2,5-6,9-12,15H2,(H,24,29)(H,25,28). The molecule has 31 heavy (non-hydrogen) atoms. The molecule has 4 rings (SSSR count). The van der Waals surface area contributed by atoms with Crippen LogP contribution in [0.25, 0.3) is 0 Å². The van der Waals surface area contributed by atoms with Crippen molar-refractivity contribution in [2.45, 2.75) is 56.0 Å². The van der Waals surface area contributed by atoms with Crippen molar-refractivity contribution in [3.8, 4) is 0 Å². The van der Waals surface area contributed by atoms with Crippen molar-refractivity contribution in [1.82, 2.24) is 15.1 Å². The molecule has 2 heterocycles. The van der Waals surface area contributed by atoms with Crippen molar-refractivity contribution in [3.05, 3.63) is 36.7 Å². The molecule has 0 spiro atoms. The van der Waals surface area contributed by atoms with E-state index in [0.717, 1.165) is 42.0 Å². The van der Waals surface area contributed by atoms with E-state index in [0.29, 0.717) is 12.2 Å². The molecule has 1 aromatic carbocycles. The summed E-state index contributed by atoms with van der Waals surface area (Å²) in [5.74, 6) is 0.478.